The minimum absolute atomic E-state index is 0.0252. The van der Waals surface area contributed by atoms with Gasteiger partial charge in [0, 0.05) is 12.7 Å². The van der Waals surface area contributed by atoms with E-state index in [1.807, 2.05) is 0 Å². The molecular formula is C13H11FN2O3. The first-order valence-corrected chi connectivity index (χ1v) is 5.59. The Labute approximate surface area is 107 Å². The van der Waals surface area contributed by atoms with Gasteiger partial charge in [0.15, 0.2) is 0 Å². The van der Waals surface area contributed by atoms with E-state index in [1.54, 1.807) is 6.92 Å². The summed E-state index contributed by atoms with van der Waals surface area (Å²) in [6, 6.07) is 1.00. The average molecular weight is 262 g/mol. The number of hydrogen-bond donors (Lipinski definition) is 1. The fourth-order valence-corrected chi connectivity index (χ4v) is 1.84. The highest BCUT2D eigenvalue weighted by Gasteiger charge is 2.16. The van der Waals surface area contributed by atoms with Gasteiger partial charge in [-0.05, 0) is 19.1 Å². The van der Waals surface area contributed by atoms with E-state index >= 15 is 0 Å². The minimum atomic E-state index is -1.35. The minimum Gasteiger partial charge on any atom is -0.477 e. The van der Waals surface area contributed by atoms with Crippen molar-refractivity contribution in [1.82, 2.24) is 9.55 Å². The van der Waals surface area contributed by atoms with Crippen molar-refractivity contribution in [1.29, 1.82) is 0 Å². The summed E-state index contributed by atoms with van der Waals surface area (Å²) < 4.78 is 15.1. The Bertz CT molecular complexity index is 750. The molecule has 0 spiro atoms. The number of halogens is 1. The highest BCUT2D eigenvalue weighted by Crippen LogP contribution is 2.15. The number of fused-ring (bicyclic) bond motifs is 1. The first-order chi connectivity index (χ1) is 8.99. The van der Waals surface area contributed by atoms with E-state index in [0.29, 0.717) is 6.54 Å². The second-order valence-corrected chi connectivity index (χ2v) is 3.89. The van der Waals surface area contributed by atoms with Crippen LogP contribution >= 0.6 is 0 Å². The Kier molecular flexibility index (Phi) is 3.16. The molecule has 98 valence electrons. The summed E-state index contributed by atoms with van der Waals surface area (Å²) in [5, 5.41) is 8.92. The number of aromatic nitrogens is 2. The van der Waals surface area contributed by atoms with Gasteiger partial charge in [0.05, 0.1) is 5.39 Å². The van der Waals surface area contributed by atoms with Crippen LogP contribution in [0, 0.1) is 5.82 Å². The molecule has 19 heavy (non-hydrogen) atoms. The second-order valence-electron chi connectivity index (χ2n) is 3.89. The van der Waals surface area contributed by atoms with Crippen LogP contribution in [0.15, 0.2) is 23.6 Å². The van der Waals surface area contributed by atoms with Crippen LogP contribution in [0.1, 0.15) is 23.0 Å². The first-order valence-electron chi connectivity index (χ1n) is 5.59. The van der Waals surface area contributed by atoms with Crippen molar-refractivity contribution >= 4 is 23.1 Å². The number of rotatable bonds is 3. The first kappa shape index (κ1) is 12.9. The topological polar surface area (TPSA) is 72.2 Å². The van der Waals surface area contributed by atoms with Crippen molar-refractivity contribution in [3.8, 4) is 0 Å². The Morgan fingerprint density at radius 3 is 2.84 bits per heavy atom. The smallest absolute Gasteiger partial charge is 0.341 e. The number of aryl methyl sites for hydroxylation is 1. The van der Waals surface area contributed by atoms with E-state index in [-0.39, 0.29) is 16.7 Å². The zero-order valence-corrected chi connectivity index (χ0v) is 10.2. The van der Waals surface area contributed by atoms with Crippen LogP contribution in [0.2, 0.25) is 0 Å². The predicted octanol–water partition coefficient (Wildman–Crippen LogP) is 1.90. The third kappa shape index (κ3) is 2.01. The van der Waals surface area contributed by atoms with Gasteiger partial charge < -0.3 is 9.67 Å². The number of carboxylic acid groups (broad SMARTS) is 1. The molecule has 2 aromatic rings. The summed E-state index contributed by atoms with van der Waals surface area (Å²) in [4.78, 5) is 27.0. The van der Waals surface area contributed by atoms with E-state index in [4.69, 9.17) is 5.11 Å². The quantitative estimate of drug-likeness (QED) is 0.916. The van der Waals surface area contributed by atoms with Crippen molar-refractivity contribution in [2.75, 3.05) is 0 Å². The highest BCUT2D eigenvalue weighted by atomic mass is 19.1. The molecule has 2 rings (SSSR count). The summed E-state index contributed by atoms with van der Waals surface area (Å²) in [7, 11) is 0. The third-order valence-corrected chi connectivity index (χ3v) is 2.79. The molecule has 2 heterocycles. The lowest BCUT2D eigenvalue weighted by Crippen LogP contribution is -2.19. The van der Waals surface area contributed by atoms with Gasteiger partial charge in [-0.3, -0.25) is 4.79 Å². The maximum Gasteiger partial charge on any atom is 0.341 e. The fraction of sp³-hybridized carbons (Fsp3) is 0.154. The molecule has 0 saturated heterocycles. The van der Waals surface area contributed by atoms with Crippen molar-refractivity contribution in [2.24, 2.45) is 0 Å². The molecule has 0 radical (unpaired) electrons. The van der Waals surface area contributed by atoms with Crippen molar-refractivity contribution in [2.45, 2.75) is 13.5 Å². The van der Waals surface area contributed by atoms with Crippen LogP contribution < -0.4 is 5.43 Å². The zero-order chi connectivity index (χ0) is 14.2. The Morgan fingerprint density at radius 1 is 1.63 bits per heavy atom. The third-order valence-electron chi connectivity index (χ3n) is 2.79. The molecular weight excluding hydrogens is 251 g/mol. The molecule has 0 aliphatic rings. The molecule has 0 bridgehead atoms. The van der Waals surface area contributed by atoms with Crippen LogP contribution in [0.4, 0.5) is 4.39 Å². The maximum absolute atomic E-state index is 13.6. The van der Waals surface area contributed by atoms with Gasteiger partial charge in [0.1, 0.15) is 22.7 Å². The Hall–Kier alpha value is -2.50. The van der Waals surface area contributed by atoms with E-state index in [9.17, 15) is 14.0 Å². The molecule has 0 amide bonds. The summed E-state index contributed by atoms with van der Waals surface area (Å²) >= 11 is 0. The monoisotopic (exact) mass is 262 g/mol. The van der Waals surface area contributed by atoms with E-state index in [1.165, 1.54) is 16.8 Å². The van der Waals surface area contributed by atoms with Crippen molar-refractivity contribution in [3.05, 3.63) is 46.1 Å². The molecule has 0 fully saturated rings. The Balaban J connectivity index is 2.99. The molecule has 1 N–H and O–H groups in total. The molecule has 5 nitrogen and oxygen atoms in total. The molecule has 0 aliphatic heterocycles. The summed E-state index contributed by atoms with van der Waals surface area (Å²) in [6.07, 6.45) is 2.45. The van der Waals surface area contributed by atoms with Gasteiger partial charge in [-0.2, -0.15) is 0 Å². The summed E-state index contributed by atoms with van der Waals surface area (Å²) in [5.74, 6) is -2.05. The largest absolute Gasteiger partial charge is 0.477 e. The van der Waals surface area contributed by atoms with Crippen LogP contribution in [0.5, 0.6) is 0 Å². The molecule has 6 heteroatoms. The van der Waals surface area contributed by atoms with Gasteiger partial charge in [0.2, 0.25) is 5.43 Å². The van der Waals surface area contributed by atoms with E-state index in [0.717, 1.165) is 6.07 Å². The lowest BCUT2D eigenvalue weighted by Gasteiger charge is -2.10. The second kappa shape index (κ2) is 4.64. The number of carbonyl (C=O) groups is 1. The van der Waals surface area contributed by atoms with Crippen LogP contribution in [-0.2, 0) is 6.54 Å². The van der Waals surface area contributed by atoms with Crippen molar-refractivity contribution in [3.63, 3.8) is 0 Å². The summed E-state index contributed by atoms with van der Waals surface area (Å²) in [6.45, 7) is 5.62. The molecule has 0 saturated carbocycles. The van der Waals surface area contributed by atoms with E-state index < -0.39 is 22.8 Å². The van der Waals surface area contributed by atoms with E-state index in [2.05, 4.69) is 11.6 Å². The summed E-state index contributed by atoms with van der Waals surface area (Å²) in [5.41, 5.74) is -0.873. The normalized spacial score (nSPS) is 10.6. The average Bonchev–Trinajstić information content (AvgIpc) is 2.38. The molecule has 0 aliphatic carbocycles. The van der Waals surface area contributed by atoms with Gasteiger partial charge >= 0.3 is 5.97 Å². The van der Waals surface area contributed by atoms with Gasteiger partial charge in [-0.15, -0.1) is 0 Å². The number of hydrogen-bond acceptors (Lipinski definition) is 3. The predicted molar refractivity (Wildman–Crippen MR) is 68.7 cm³/mol. The van der Waals surface area contributed by atoms with Gasteiger partial charge in [-0.25, -0.2) is 14.2 Å². The van der Waals surface area contributed by atoms with Crippen molar-refractivity contribution < 1.29 is 14.3 Å². The SMILES string of the molecule is C=Cc1nc2c(cc1F)c(=O)c(C(=O)O)cn2CC. The van der Waals surface area contributed by atoms with Crippen LogP contribution in [-0.4, -0.2) is 20.6 Å². The zero-order valence-electron chi connectivity index (χ0n) is 10.2. The number of nitrogens with zero attached hydrogens (tertiary/aromatic N) is 2. The molecule has 0 aromatic carbocycles. The van der Waals surface area contributed by atoms with Gasteiger partial charge in [0.25, 0.3) is 0 Å². The number of carboxylic acids is 1. The Morgan fingerprint density at radius 2 is 2.32 bits per heavy atom. The molecule has 0 unspecified atom stereocenters. The lowest BCUT2D eigenvalue weighted by molar-refractivity contribution is 0.0695. The standard InChI is InChI=1S/C13H11FN2O3/c1-3-10-9(14)5-7-11(17)8(13(18)19)6-16(4-2)12(7)15-10/h3,5-6H,1,4H2,2H3,(H,18,19). The maximum atomic E-state index is 13.6. The van der Waals surface area contributed by atoms with Crippen LogP contribution in [0.25, 0.3) is 17.1 Å². The number of pyridine rings is 2. The van der Waals surface area contributed by atoms with Crippen LogP contribution in [0.3, 0.4) is 0 Å². The lowest BCUT2D eigenvalue weighted by atomic mass is 10.1. The molecule has 2 aromatic heterocycles. The van der Waals surface area contributed by atoms with Gasteiger partial charge in [-0.1, -0.05) is 6.58 Å². The molecule has 0 atom stereocenters. The fourth-order valence-electron chi connectivity index (χ4n) is 1.84. The highest BCUT2D eigenvalue weighted by molar-refractivity contribution is 5.91. The number of aromatic carboxylic acids is 1.